The number of anilines is 3. The normalized spacial score (nSPS) is 22.1. The minimum atomic E-state index is -0.178. The molecule has 2 fully saturated rings. The van der Waals surface area contributed by atoms with Crippen molar-refractivity contribution in [3.05, 3.63) is 0 Å². The summed E-state index contributed by atoms with van der Waals surface area (Å²) in [6.45, 7) is 5.27. The van der Waals surface area contributed by atoms with E-state index in [0.717, 1.165) is 57.6 Å². The lowest BCUT2D eigenvalue weighted by atomic mass is 9.93. The Morgan fingerprint density at radius 2 is 1.60 bits per heavy atom. The van der Waals surface area contributed by atoms with E-state index in [1.54, 1.807) is 0 Å². The third-order valence-electron chi connectivity index (χ3n) is 5.46. The number of hydrogen-bond acceptors (Lipinski definition) is 10. The maximum atomic E-state index is 9.74. The Hall–Kier alpha value is -1.75. The molecular weight excluding hydrogens is 386 g/mol. The van der Waals surface area contributed by atoms with Crippen LogP contribution >= 0.6 is 0 Å². The number of nitrogens with two attached hydrogens (primary N) is 1. The number of nitrogens with one attached hydrogen (secondary N) is 2. The Morgan fingerprint density at radius 1 is 0.900 bits per heavy atom. The first-order chi connectivity index (χ1) is 14.7. The molecule has 170 valence electrons. The van der Waals surface area contributed by atoms with Crippen LogP contribution < -0.4 is 21.3 Å². The molecule has 10 heteroatoms. The number of aliphatic hydroxyl groups is 1. The third-order valence-corrected chi connectivity index (χ3v) is 5.46. The fourth-order valence-corrected chi connectivity index (χ4v) is 3.79. The van der Waals surface area contributed by atoms with Gasteiger partial charge in [-0.25, -0.2) is 0 Å². The van der Waals surface area contributed by atoms with E-state index in [-0.39, 0.29) is 12.1 Å². The molecule has 30 heavy (non-hydrogen) atoms. The topological polar surface area (TPSA) is 131 Å². The van der Waals surface area contributed by atoms with Crippen LogP contribution in [0.25, 0.3) is 0 Å². The van der Waals surface area contributed by atoms with Gasteiger partial charge in [-0.1, -0.05) is 0 Å². The Morgan fingerprint density at radius 3 is 2.33 bits per heavy atom. The van der Waals surface area contributed by atoms with Crippen molar-refractivity contribution in [2.24, 2.45) is 5.73 Å². The molecule has 1 saturated carbocycles. The molecule has 1 aromatic rings. The second-order valence-corrected chi connectivity index (χ2v) is 7.92. The van der Waals surface area contributed by atoms with E-state index in [1.807, 2.05) is 0 Å². The highest BCUT2D eigenvalue weighted by molar-refractivity contribution is 5.44. The molecule has 3 rings (SSSR count). The zero-order chi connectivity index (χ0) is 21.0. The second kappa shape index (κ2) is 12.8. The van der Waals surface area contributed by atoms with Crippen LogP contribution in [0.5, 0.6) is 0 Å². The molecule has 0 unspecified atom stereocenters. The molecule has 2 aliphatic rings. The maximum Gasteiger partial charge on any atom is 0.231 e. The molecule has 0 spiro atoms. The zero-order valence-electron chi connectivity index (χ0n) is 17.9. The van der Waals surface area contributed by atoms with Crippen LogP contribution in [0, 0.1) is 0 Å². The summed E-state index contributed by atoms with van der Waals surface area (Å²) in [5, 5.41) is 16.5. The van der Waals surface area contributed by atoms with Gasteiger partial charge in [-0.05, 0) is 44.9 Å². The first kappa shape index (κ1) is 22.9. The van der Waals surface area contributed by atoms with Crippen LogP contribution in [-0.4, -0.2) is 84.8 Å². The largest absolute Gasteiger partial charge is 0.393 e. The van der Waals surface area contributed by atoms with Crippen LogP contribution in [0.15, 0.2) is 0 Å². The summed E-state index contributed by atoms with van der Waals surface area (Å²) in [5.74, 6) is 1.89. The lowest BCUT2D eigenvalue weighted by Gasteiger charge is -2.28. The molecule has 0 atom stereocenters. The Labute approximate surface area is 179 Å². The van der Waals surface area contributed by atoms with Gasteiger partial charge in [0.15, 0.2) is 0 Å². The van der Waals surface area contributed by atoms with Gasteiger partial charge in [0.05, 0.1) is 32.5 Å². The first-order valence-electron chi connectivity index (χ1n) is 11.3. The number of rotatable bonds is 12. The van der Waals surface area contributed by atoms with E-state index in [1.165, 1.54) is 6.42 Å². The molecule has 1 aliphatic carbocycles. The van der Waals surface area contributed by atoms with Crippen molar-refractivity contribution in [2.75, 3.05) is 68.1 Å². The fourth-order valence-electron chi connectivity index (χ4n) is 3.79. The Kier molecular flexibility index (Phi) is 9.81. The number of hydrogen-bond donors (Lipinski definition) is 4. The van der Waals surface area contributed by atoms with Crippen LogP contribution in [0.1, 0.15) is 44.9 Å². The van der Waals surface area contributed by atoms with Crippen molar-refractivity contribution in [3.8, 4) is 0 Å². The minimum absolute atomic E-state index is 0.178. The quantitative estimate of drug-likeness (QED) is 0.361. The smallest absolute Gasteiger partial charge is 0.231 e. The van der Waals surface area contributed by atoms with E-state index in [2.05, 4.69) is 30.5 Å². The van der Waals surface area contributed by atoms with Crippen molar-refractivity contribution < 1.29 is 14.6 Å². The van der Waals surface area contributed by atoms with Gasteiger partial charge in [0.1, 0.15) is 0 Å². The van der Waals surface area contributed by atoms with Gasteiger partial charge < -0.3 is 35.8 Å². The lowest BCUT2D eigenvalue weighted by molar-refractivity contribution is 0.0547. The van der Waals surface area contributed by atoms with Gasteiger partial charge in [-0.3, -0.25) is 0 Å². The number of piperidine rings is 1. The highest BCUT2D eigenvalue weighted by Gasteiger charge is 2.21. The van der Waals surface area contributed by atoms with Crippen molar-refractivity contribution in [2.45, 2.75) is 57.1 Å². The predicted octanol–water partition coefficient (Wildman–Crippen LogP) is 0.981. The van der Waals surface area contributed by atoms with Crippen molar-refractivity contribution >= 4 is 17.8 Å². The monoisotopic (exact) mass is 423 g/mol. The van der Waals surface area contributed by atoms with Crippen molar-refractivity contribution in [1.82, 2.24) is 15.0 Å². The third kappa shape index (κ3) is 7.82. The SMILES string of the molecule is NCCOCCOCCNc1nc(NC2CCC(O)CC2)nc(N2CCCCC2)n1. The van der Waals surface area contributed by atoms with Crippen LogP contribution in [-0.2, 0) is 9.47 Å². The molecule has 1 aromatic heterocycles. The van der Waals surface area contributed by atoms with E-state index in [4.69, 9.17) is 15.2 Å². The van der Waals surface area contributed by atoms with E-state index in [9.17, 15) is 5.11 Å². The molecule has 2 heterocycles. The van der Waals surface area contributed by atoms with E-state index < -0.39 is 0 Å². The number of aromatic nitrogens is 3. The van der Waals surface area contributed by atoms with E-state index >= 15 is 0 Å². The number of nitrogens with zero attached hydrogens (tertiary/aromatic N) is 4. The molecule has 1 saturated heterocycles. The summed E-state index contributed by atoms with van der Waals surface area (Å²) in [7, 11) is 0. The van der Waals surface area contributed by atoms with E-state index in [0.29, 0.717) is 51.4 Å². The summed E-state index contributed by atoms with van der Waals surface area (Å²) in [4.78, 5) is 16.1. The van der Waals surface area contributed by atoms with Gasteiger partial charge in [0.25, 0.3) is 0 Å². The average molecular weight is 424 g/mol. The molecule has 1 aliphatic heterocycles. The number of ether oxygens (including phenoxy) is 2. The Bertz CT molecular complexity index is 608. The minimum Gasteiger partial charge on any atom is -0.393 e. The van der Waals surface area contributed by atoms with Crippen LogP contribution in [0.2, 0.25) is 0 Å². The van der Waals surface area contributed by atoms with Crippen LogP contribution in [0.3, 0.4) is 0 Å². The zero-order valence-corrected chi connectivity index (χ0v) is 17.9. The molecule has 0 radical (unpaired) electrons. The predicted molar refractivity (Wildman–Crippen MR) is 117 cm³/mol. The maximum absolute atomic E-state index is 9.74. The first-order valence-corrected chi connectivity index (χ1v) is 11.3. The molecule has 0 amide bonds. The van der Waals surface area contributed by atoms with Crippen molar-refractivity contribution in [3.63, 3.8) is 0 Å². The van der Waals surface area contributed by atoms with Gasteiger partial charge >= 0.3 is 0 Å². The Balaban J connectivity index is 1.54. The summed E-state index contributed by atoms with van der Waals surface area (Å²) in [6, 6.07) is 0.287. The molecule has 0 bridgehead atoms. The average Bonchev–Trinajstić information content (AvgIpc) is 2.78. The molecule has 0 aromatic carbocycles. The second-order valence-electron chi connectivity index (χ2n) is 7.92. The summed E-state index contributed by atoms with van der Waals surface area (Å²) >= 11 is 0. The summed E-state index contributed by atoms with van der Waals surface area (Å²) < 4.78 is 10.9. The number of aliphatic hydroxyl groups excluding tert-OH is 1. The lowest BCUT2D eigenvalue weighted by Crippen LogP contribution is -2.33. The van der Waals surface area contributed by atoms with Crippen molar-refractivity contribution in [1.29, 1.82) is 0 Å². The fraction of sp³-hybridized carbons (Fsp3) is 0.850. The van der Waals surface area contributed by atoms with Crippen LogP contribution in [0.4, 0.5) is 17.8 Å². The molecule has 5 N–H and O–H groups in total. The molecular formula is C20H37N7O3. The summed E-state index contributed by atoms with van der Waals surface area (Å²) in [6.07, 6.45) is 6.90. The van der Waals surface area contributed by atoms with Gasteiger partial charge in [-0.2, -0.15) is 15.0 Å². The van der Waals surface area contributed by atoms with Gasteiger partial charge in [0.2, 0.25) is 17.8 Å². The molecule has 10 nitrogen and oxygen atoms in total. The summed E-state index contributed by atoms with van der Waals surface area (Å²) in [5.41, 5.74) is 5.38. The highest BCUT2D eigenvalue weighted by atomic mass is 16.5. The standard InChI is InChI=1S/C20H37N7O3/c21-8-12-29-14-15-30-13-9-22-18-24-19(23-16-4-6-17(28)7-5-16)26-20(25-18)27-10-2-1-3-11-27/h16-17,28H,1-15,21H2,(H2,22,23,24,25,26). The van der Waals surface area contributed by atoms with Gasteiger partial charge in [-0.15, -0.1) is 0 Å². The van der Waals surface area contributed by atoms with Gasteiger partial charge in [0, 0.05) is 32.2 Å². The highest BCUT2D eigenvalue weighted by Crippen LogP contribution is 2.23.